The summed E-state index contributed by atoms with van der Waals surface area (Å²) in [5, 5.41) is 10.8. The highest BCUT2D eigenvalue weighted by molar-refractivity contribution is 5.83. The lowest BCUT2D eigenvalue weighted by molar-refractivity contribution is -0.385. The Morgan fingerprint density at radius 1 is 1.53 bits per heavy atom. The summed E-state index contributed by atoms with van der Waals surface area (Å²) in [6.07, 6.45) is 4.10. The monoisotopic (exact) mass is 262 g/mol. The first kappa shape index (κ1) is 13.5. The van der Waals surface area contributed by atoms with Crippen molar-refractivity contribution >= 4 is 17.7 Å². The molecule has 0 radical (unpaired) electrons. The number of nitro groups is 1. The molecule has 1 atom stereocenters. The van der Waals surface area contributed by atoms with Crippen molar-refractivity contribution in [3.63, 3.8) is 0 Å². The Balaban J connectivity index is 2.18. The van der Waals surface area contributed by atoms with E-state index < -0.39 is 4.92 Å². The highest BCUT2D eigenvalue weighted by Crippen LogP contribution is 2.29. The fourth-order valence-corrected chi connectivity index (χ4v) is 2.71. The summed E-state index contributed by atoms with van der Waals surface area (Å²) in [5.41, 5.74) is 0.941. The van der Waals surface area contributed by atoms with Gasteiger partial charge in [0.2, 0.25) is 0 Å². The van der Waals surface area contributed by atoms with Gasteiger partial charge >= 0.3 is 0 Å². The molecule has 2 rings (SSSR count). The largest absolute Gasteiger partial charge is 0.371 e. The number of anilines is 1. The van der Waals surface area contributed by atoms with Gasteiger partial charge in [0.1, 0.15) is 0 Å². The zero-order valence-electron chi connectivity index (χ0n) is 11.0. The van der Waals surface area contributed by atoms with Gasteiger partial charge < -0.3 is 4.90 Å². The number of aldehydes is 1. The summed E-state index contributed by atoms with van der Waals surface area (Å²) >= 11 is 0. The van der Waals surface area contributed by atoms with E-state index in [1.54, 1.807) is 12.1 Å². The molecule has 0 bridgehead atoms. The Bertz CT molecular complexity index is 488. The molecule has 1 aliphatic rings. The molecule has 1 heterocycles. The van der Waals surface area contributed by atoms with Gasteiger partial charge in [0.15, 0.2) is 6.29 Å². The minimum Gasteiger partial charge on any atom is -0.371 e. The van der Waals surface area contributed by atoms with E-state index in [1.165, 1.54) is 18.9 Å². The smallest absolute Gasteiger partial charge is 0.280 e. The molecule has 0 spiro atoms. The maximum absolute atomic E-state index is 10.9. The molecular weight excluding hydrogens is 244 g/mol. The average molecular weight is 262 g/mol. The van der Waals surface area contributed by atoms with E-state index in [4.69, 9.17) is 0 Å². The van der Waals surface area contributed by atoms with Crippen molar-refractivity contribution in [2.24, 2.45) is 5.92 Å². The predicted molar refractivity (Wildman–Crippen MR) is 73.7 cm³/mol. The zero-order valence-corrected chi connectivity index (χ0v) is 11.0. The average Bonchev–Trinajstić information content (AvgIpc) is 2.87. The molecule has 1 aliphatic heterocycles. The maximum Gasteiger partial charge on any atom is 0.280 e. The fourth-order valence-electron chi connectivity index (χ4n) is 2.71. The number of rotatable bonds is 5. The van der Waals surface area contributed by atoms with Crippen molar-refractivity contribution in [2.75, 3.05) is 18.0 Å². The number of nitro benzene ring substituents is 1. The third-order valence-electron chi connectivity index (χ3n) is 3.68. The Hall–Kier alpha value is -1.91. The van der Waals surface area contributed by atoms with Crippen LogP contribution in [0.2, 0.25) is 0 Å². The van der Waals surface area contributed by atoms with E-state index >= 15 is 0 Å². The van der Waals surface area contributed by atoms with Crippen molar-refractivity contribution in [1.82, 2.24) is 0 Å². The van der Waals surface area contributed by atoms with Gasteiger partial charge in [-0.25, -0.2) is 0 Å². The van der Waals surface area contributed by atoms with Gasteiger partial charge in [-0.3, -0.25) is 14.9 Å². The Kier molecular flexibility index (Phi) is 4.14. The summed E-state index contributed by atoms with van der Waals surface area (Å²) in [4.78, 5) is 23.4. The molecule has 5 heteroatoms. The lowest BCUT2D eigenvalue weighted by Crippen LogP contribution is -2.19. The number of hydrogen-bond donors (Lipinski definition) is 0. The molecule has 1 saturated heterocycles. The molecule has 0 amide bonds. The molecule has 5 nitrogen and oxygen atoms in total. The third kappa shape index (κ3) is 2.92. The summed E-state index contributed by atoms with van der Waals surface area (Å²) in [5.74, 6) is 0.694. The number of hydrogen-bond acceptors (Lipinski definition) is 4. The van der Waals surface area contributed by atoms with Gasteiger partial charge in [-0.2, -0.15) is 0 Å². The number of benzene rings is 1. The second-order valence-corrected chi connectivity index (χ2v) is 5.01. The second-order valence-electron chi connectivity index (χ2n) is 5.01. The van der Waals surface area contributed by atoms with E-state index in [2.05, 4.69) is 11.8 Å². The SMILES string of the molecule is CCCC1CCN(c2ccc([N+](=O)[O-])c(C=O)c2)C1. The predicted octanol–water partition coefficient (Wildman–Crippen LogP) is 3.03. The van der Waals surface area contributed by atoms with Crippen LogP contribution >= 0.6 is 0 Å². The second kappa shape index (κ2) is 5.82. The standard InChI is InChI=1S/C14H18N2O3/c1-2-3-11-6-7-15(9-11)13-4-5-14(16(18)19)12(8-13)10-17/h4-5,8,10-11H,2-3,6-7,9H2,1H3. The van der Waals surface area contributed by atoms with Gasteiger partial charge in [-0.1, -0.05) is 13.3 Å². The molecule has 1 fully saturated rings. The van der Waals surface area contributed by atoms with Crippen LogP contribution in [0.25, 0.3) is 0 Å². The first-order valence-corrected chi connectivity index (χ1v) is 6.64. The van der Waals surface area contributed by atoms with Crippen LogP contribution in [0.15, 0.2) is 18.2 Å². The Morgan fingerprint density at radius 3 is 2.95 bits per heavy atom. The first-order valence-electron chi connectivity index (χ1n) is 6.64. The number of nitrogens with zero attached hydrogens (tertiary/aromatic N) is 2. The summed E-state index contributed by atoms with van der Waals surface area (Å²) in [6, 6.07) is 4.78. The van der Waals surface area contributed by atoms with Crippen molar-refractivity contribution in [3.05, 3.63) is 33.9 Å². The molecule has 102 valence electrons. The normalized spacial score (nSPS) is 18.6. The van der Waals surface area contributed by atoms with Crippen LogP contribution in [0, 0.1) is 16.0 Å². The molecule has 1 aromatic carbocycles. The van der Waals surface area contributed by atoms with Crippen molar-refractivity contribution in [3.8, 4) is 0 Å². The first-order chi connectivity index (χ1) is 9.15. The molecule has 0 aromatic heterocycles. The molecular formula is C14H18N2O3. The maximum atomic E-state index is 10.9. The Morgan fingerprint density at radius 2 is 2.32 bits per heavy atom. The minimum absolute atomic E-state index is 0.122. The van der Waals surface area contributed by atoms with Crippen LogP contribution in [-0.2, 0) is 0 Å². The van der Waals surface area contributed by atoms with Gasteiger partial charge in [0.05, 0.1) is 10.5 Å². The molecule has 19 heavy (non-hydrogen) atoms. The molecule has 0 saturated carbocycles. The van der Waals surface area contributed by atoms with E-state index in [0.717, 1.165) is 25.2 Å². The summed E-state index contributed by atoms with van der Waals surface area (Å²) in [7, 11) is 0. The van der Waals surface area contributed by atoms with Gasteiger partial charge in [0.25, 0.3) is 5.69 Å². The fraction of sp³-hybridized carbons (Fsp3) is 0.500. The lowest BCUT2D eigenvalue weighted by Gasteiger charge is -2.19. The van der Waals surface area contributed by atoms with E-state index in [9.17, 15) is 14.9 Å². The molecule has 1 unspecified atom stereocenters. The molecule has 0 N–H and O–H groups in total. The minimum atomic E-state index is -0.516. The highest BCUT2D eigenvalue weighted by atomic mass is 16.6. The van der Waals surface area contributed by atoms with Crippen molar-refractivity contribution in [2.45, 2.75) is 26.2 Å². The van der Waals surface area contributed by atoms with Crippen molar-refractivity contribution in [1.29, 1.82) is 0 Å². The van der Waals surface area contributed by atoms with E-state index in [-0.39, 0.29) is 11.3 Å². The van der Waals surface area contributed by atoms with Crippen LogP contribution in [0.3, 0.4) is 0 Å². The topological polar surface area (TPSA) is 63.4 Å². The zero-order chi connectivity index (χ0) is 13.8. The van der Waals surface area contributed by atoms with Crippen LogP contribution < -0.4 is 4.90 Å². The summed E-state index contributed by atoms with van der Waals surface area (Å²) < 4.78 is 0. The summed E-state index contributed by atoms with van der Waals surface area (Å²) in [6.45, 7) is 4.11. The van der Waals surface area contributed by atoms with Crippen LogP contribution in [0.1, 0.15) is 36.5 Å². The van der Waals surface area contributed by atoms with Crippen LogP contribution in [-0.4, -0.2) is 24.3 Å². The molecule has 0 aliphatic carbocycles. The number of carbonyl (C=O) groups is 1. The van der Waals surface area contributed by atoms with Gasteiger partial charge in [-0.05, 0) is 30.9 Å². The number of carbonyl (C=O) groups excluding carboxylic acids is 1. The Labute approximate surface area is 112 Å². The van der Waals surface area contributed by atoms with Crippen molar-refractivity contribution < 1.29 is 9.72 Å². The molecule has 1 aromatic rings. The van der Waals surface area contributed by atoms with E-state index in [0.29, 0.717) is 12.2 Å². The quantitative estimate of drug-likeness (QED) is 0.465. The lowest BCUT2D eigenvalue weighted by atomic mass is 10.0. The van der Waals surface area contributed by atoms with Gasteiger partial charge in [-0.15, -0.1) is 0 Å². The van der Waals surface area contributed by atoms with Crippen LogP contribution in [0.4, 0.5) is 11.4 Å². The van der Waals surface area contributed by atoms with Gasteiger partial charge in [0, 0.05) is 24.8 Å². The van der Waals surface area contributed by atoms with Crippen LogP contribution in [0.5, 0.6) is 0 Å². The highest BCUT2D eigenvalue weighted by Gasteiger charge is 2.23. The van der Waals surface area contributed by atoms with E-state index in [1.807, 2.05) is 0 Å². The third-order valence-corrected chi connectivity index (χ3v) is 3.68.